The Morgan fingerprint density at radius 2 is 0.782 bits per heavy atom. The molecule has 55 heavy (non-hydrogen) atoms. The summed E-state index contributed by atoms with van der Waals surface area (Å²) in [5, 5.41) is 4.35. The van der Waals surface area contributed by atoms with Crippen molar-refractivity contribution in [3.8, 4) is 65.6 Å². The number of furan rings is 1. The van der Waals surface area contributed by atoms with Gasteiger partial charge >= 0.3 is 0 Å². The molecule has 258 valence electrons. The largest absolute Gasteiger partial charge is 0.455 e. The van der Waals surface area contributed by atoms with Gasteiger partial charge in [0.05, 0.1) is 20.4 Å². The second kappa shape index (κ2) is 13.0. The zero-order valence-corrected chi connectivity index (χ0v) is 31.1. The normalized spacial score (nSPS) is 11.6. The van der Waals surface area contributed by atoms with Crippen LogP contribution in [0.5, 0.6) is 0 Å². The number of aromatic nitrogens is 2. The molecule has 5 heteroatoms. The van der Waals surface area contributed by atoms with Crippen molar-refractivity contribution in [2.24, 2.45) is 0 Å². The molecular weight excluding hydrogens is 709 g/mol. The van der Waals surface area contributed by atoms with Gasteiger partial charge in [0.25, 0.3) is 0 Å². The molecule has 0 bridgehead atoms. The molecule has 0 amide bonds. The van der Waals surface area contributed by atoms with Crippen LogP contribution in [0.1, 0.15) is 0 Å². The van der Waals surface area contributed by atoms with Gasteiger partial charge in [-0.05, 0) is 87.5 Å². The standard InChI is InChI=1S/C50H30N2OS2/c1-4-13-45-41(8-1)42-10-7-9-40(48(42)53-45)34-22-16-31(17-23-34)37-28-38(32-18-24-35(25-19-32)49-51-43-11-2-5-14-46(43)54-49)30-39(29-37)33-20-26-36(27-21-33)50-52-44-12-3-6-15-47(44)55-50/h1-30H. The summed E-state index contributed by atoms with van der Waals surface area (Å²) in [4.78, 5) is 9.80. The molecule has 0 saturated heterocycles. The minimum Gasteiger partial charge on any atom is -0.455 e. The van der Waals surface area contributed by atoms with Gasteiger partial charge in [-0.2, -0.15) is 0 Å². The van der Waals surface area contributed by atoms with Crippen LogP contribution in [0.3, 0.4) is 0 Å². The lowest BCUT2D eigenvalue weighted by atomic mass is 9.92. The number of para-hydroxylation sites is 4. The maximum Gasteiger partial charge on any atom is 0.143 e. The van der Waals surface area contributed by atoms with Gasteiger partial charge in [0, 0.05) is 27.5 Å². The van der Waals surface area contributed by atoms with E-state index in [1.165, 1.54) is 9.40 Å². The van der Waals surface area contributed by atoms with Gasteiger partial charge in [-0.1, -0.05) is 133 Å². The van der Waals surface area contributed by atoms with Crippen molar-refractivity contribution < 1.29 is 4.42 Å². The molecule has 3 aromatic heterocycles. The highest BCUT2D eigenvalue weighted by Crippen LogP contribution is 2.39. The summed E-state index contributed by atoms with van der Waals surface area (Å²) in [6.45, 7) is 0. The fourth-order valence-electron chi connectivity index (χ4n) is 7.55. The number of hydrogen-bond donors (Lipinski definition) is 0. The average molecular weight is 739 g/mol. The van der Waals surface area contributed by atoms with Gasteiger partial charge in [0.1, 0.15) is 21.2 Å². The molecule has 0 N–H and O–H groups in total. The molecule has 0 atom stereocenters. The number of fused-ring (bicyclic) bond motifs is 5. The van der Waals surface area contributed by atoms with Crippen molar-refractivity contribution in [1.82, 2.24) is 9.97 Å². The van der Waals surface area contributed by atoms with Crippen LogP contribution in [-0.2, 0) is 0 Å². The molecule has 8 aromatic carbocycles. The third-order valence-electron chi connectivity index (χ3n) is 10.4. The van der Waals surface area contributed by atoms with Crippen molar-refractivity contribution in [2.75, 3.05) is 0 Å². The van der Waals surface area contributed by atoms with Crippen LogP contribution < -0.4 is 0 Å². The zero-order valence-electron chi connectivity index (χ0n) is 29.4. The molecule has 0 unspecified atom stereocenters. The molecule has 0 aliphatic heterocycles. The predicted octanol–water partition coefficient (Wildman–Crippen LogP) is 14.8. The quantitative estimate of drug-likeness (QED) is 0.170. The van der Waals surface area contributed by atoms with E-state index in [2.05, 4.69) is 158 Å². The van der Waals surface area contributed by atoms with E-state index in [4.69, 9.17) is 14.4 Å². The van der Waals surface area contributed by atoms with E-state index < -0.39 is 0 Å². The SMILES string of the molecule is c1ccc2sc(-c3ccc(-c4cc(-c5ccc(-c6nc7ccccc7s6)cc5)cc(-c5ccc(-c6cccc7c6oc6ccccc67)cc5)c4)cc3)nc2c1. The monoisotopic (exact) mass is 738 g/mol. The molecular formula is C50H30N2OS2. The van der Waals surface area contributed by atoms with Crippen molar-refractivity contribution in [1.29, 1.82) is 0 Å². The summed E-state index contributed by atoms with van der Waals surface area (Å²) < 4.78 is 8.78. The average Bonchev–Trinajstić information content (AvgIpc) is 3.99. The third kappa shape index (κ3) is 5.73. The molecule has 0 aliphatic carbocycles. The second-order valence-corrected chi connectivity index (χ2v) is 15.8. The molecule has 3 nitrogen and oxygen atoms in total. The molecule has 11 rings (SSSR count). The van der Waals surface area contributed by atoms with Gasteiger partial charge < -0.3 is 4.42 Å². The van der Waals surface area contributed by atoms with E-state index >= 15 is 0 Å². The molecule has 0 fully saturated rings. The lowest BCUT2D eigenvalue weighted by Crippen LogP contribution is -1.87. The Labute approximate surface area is 325 Å². The summed E-state index contributed by atoms with van der Waals surface area (Å²) in [7, 11) is 0. The van der Waals surface area contributed by atoms with Crippen LogP contribution in [0, 0.1) is 0 Å². The molecule has 3 heterocycles. The Bertz CT molecular complexity index is 2990. The number of thiazole rings is 2. The van der Waals surface area contributed by atoms with Gasteiger partial charge in [-0.25, -0.2) is 9.97 Å². The van der Waals surface area contributed by atoms with Crippen LogP contribution in [-0.4, -0.2) is 9.97 Å². The van der Waals surface area contributed by atoms with Gasteiger partial charge in [-0.15, -0.1) is 22.7 Å². The minimum atomic E-state index is 0.909. The summed E-state index contributed by atoms with van der Waals surface area (Å²) in [5.41, 5.74) is 15.3. The molecule has 11 aromatic rings. The summed E-state index contributed by atoms with van der Waals surface area (Å²) in [6, 6.07) is 64.8. The molecule has 0 radical (unpaired) electrons. The fraction of sp³-hybridized carbons (Fsp3) is 0. The van der Waals surface area contributed by atoms with Crippen LogP contribution >= 0.6 is 22.7 Å². The topological polar surface area (TPSA) is 38.9 Å². The van der Waals surface area contributed by atoms with E-state index in [0.29, 0.717) is 0 Å². The zero-order chi connectivity index (χ0) is 36.3. The number of nitrogens with zero attached hydrogens (tertiary/aromatic N) is 2. The van der Waals surface area contributed by atoms with E-state index in [-0.39, 0.29) is 0 Å². The molecule has 0 saturated carbocycles. The molecule has 0 aliphatic rings. The summed E-state index contributed by atoms with van der Waals surface area (Å²) >= 11 is 3.46. The first-order valence-electron chi connectivity index (χ1n) is 18.3. The Hall–Kier alpha value is -6.66. The van der Waals surface area contributed by atoms with Crippen LogP contribution in [0.2, 0.25) is 0 Å². The number of hydrogen-bond acceptors (Lipinski definition) is 5. The first-order chi connectivity index (χ1) is 27.2. The smallest absolute Gasteiger partial charge is 0.143 e. The van der Waals surface area contributed by atoms with Crippen molar-refractivity contribution in [3.05, 3.63) is 182 Å². The predicted molar refractivity (Wildman–Crippen MR) is 233 cm³/mol. The van der Waals surface area contributed by atoms with Crippen LogP contribution in [0.15, 0.2) is 186 Å². The lowest BCUT2D eigenvalue weighted by molar-refractivity contribution is 0.670. The Morgan fingerprint density at radius 1 is 0.345 bits per heavy atom. The van der Waals surface area contributed by atoms with Gasteiger partial charge in [-0.3, -0.25) is 0 Å². The number of rotatable bonds is 6. The second-order valence-electron chi connectivity index (χ2n) is 13.8. The first-order valence-corrected chi connectivity index (χ1v) is 19.9. The lowest BCUT2D eigenvalue weighted by Gasteiger charge is -2.13. The van der Waals surface area contributed by atoms with Gasteiger partial charge in [0.15, 0.2) is 0 Å². The van der Waals surface area contributed by atoms with Crippen LogP contribution in [0.4, 0.5) is 0 Å². The van der Waals surface area contributed by atoms with E-state index in [1.54, 1.807) is 22.7 Å². The molecule has 0 spiro atoms. The van der Waals surface area contributed by atoms with Crippen molar-refractivity contribution in [2.45, 2.75) is 0 Å². The maximum atomic E-state index is 6.38. The van der Waals surface area contributed by atoms with Gasteiger partial charge in [0.2, 0.25) is 0 Å². The van der Waals surface area contributed by atoms with Crippen molar-refractivity contribution >= 4 is 65.0 Å². The third-order valence-corrected chi connectivity index (χ3v) is 12.6. The van der Waals surface area contributed by atoms with Crippen LogP contribution in [0.25, 0.3) is 108 Å². The Balaban J connectivity index is 0.981. The minimum absolute atomic E-state index is 0.909. The van der Waals surface area contributed by atoms with E-state index in [9.17, 15) is 0 Å². The fourth-order valence-corrected chi connectivity index (χ4v) is 9.49. The Morgan fingerprint density at radius 3 is 1.31 bits per heavy atom. The first kappa shape index (κ1) is 31.8. The summed E-state index contributed by atoms with van der Waals surface area (Å²) in [6.07, 6.45) is 0. The van der Waals surface area contributed by atoms with E-state index in [1.807, 2.05) is 24.3 Å². The highest BCUT2D eigenvalue weighted by molar-refractivity contribution is 7.22. The van der Waals surface area contributed by atoms with E-state index in [0.717, 1.165) is 98.6 Å². The van der Waals surface area contributed by atoms with Crippen molar-refractivity contribution in [3.63, 3.8) is 0 Å². The maximum absolute atomic E-state index is 6.38. The highest BCUT2D eigenvalue weighted by atomic mass is 32.1. The highest BCUT2D eigenvalue weighted by Gasteiger charge is 2.14. The number of benzene rings is 8. The summed E-state index contributed by atoms with van der Waals surface area (Å²) in [5.74, 6) is 0. The Kier molecular flexibility index (Phi) is 7.54.